The third-order valence-electron chi connectivity index (χ3n) is 9.50. The third kappa shape index (κ3) is 15.2. The monoisotopic (exact) mass is 822 g/mol. The van der Waals surface area contributed by atoms with Gasteiger partial charge in [0.25, 0.3) is 0 Å². The number of carbonyl (C=O) groups is 3. The fraction of sp³-hybridized carbons (Fsp3) is 0.921. The van der Waals surface area contributed by atoms with E-state index in [9.17, 15) is 39.9 Å². The van der Waals surface area contributed by atoms with E-state index in [1.165, 1.54) is 0 Å². The highest BCUT2D eigenvalue weighted by atomic mass is 16.7. The number of hydrogen-bond acceptors (Lipinski definition) is 16. The van der Waals surface area contributed by atoms with E-state index in [0.717, 1.165) is 0 Å². The summed E-state index contributed by atoms with van der Waals surface area (Å²) in [6.07, 6.45) is -13.2. The summed E-state index contributed by atoms with van der Waals surface area (Å²) in [5.74, 6) is -0.517. The molecule has 0 aromatic carbocycles. The van der Waals surface area contributed by atoms with Gasteiger partial charge in [-0.15, -0.1) is 0 Å². The molecule has 332 valence electrons. The van der Waals surface area contributed by atoms with E-state index >= 15 is 0 Å². The molecule has 14 atom stereocenters. The van der Waals surface area contributed by atoms with Gasteiger partial charge in [-0.1, -0.05) is 13.8 Å². The van der Waals surface area contributed by atoms with Crippen LogP contribution >= 0.6 is 0 Å². The minimum absolute atomic E-state index is 0.182. The lowest BCUT2D eigenvalue weighted by molar-refractivity contribution is -0.322. The number of carbonyl (C=O) groups excluding carboxylic acids is 3. The predicted molar refractivity (Wildman–Crippen MR) is 204 cm³/mol. The van der Waals surface area contributed by atoms with Crippen LogP contribution in [0.2, 0.25) is 0 Å². The van der Waals surface area contributed by atoms with Crippen LogP contribution in [0.5, 0.6) is 0 Å². The zero-order chi connectivity index (χ0) is 43.0. The van der Waals surface area contributed by atoms with Gasteiger partial charge in [-0.3, -0.25) is 0 Å². The van der Waals surface area contributed by atoms with Gasteiger partial charge in [-0.05, 0) is 100 Å². The van der Waals surface area contributed by atoms with Gasteiger partial charge in [0.2, 0.25) is 0 Å². The number of amides is 3. The second-order valence-corrected chi connectivity index (χ2v) is 18.1. The smallest absolute Gasteiger partial charge is 0.408 e. The molecule has 0 spiro atoms. The zero-order valence-corrected chi connectivity index (χ0v) is 35.4. The van der Waals surface area contributed by atoms with Crippen molar-refractivity contribution in [1.29, 1.82) is 0 Å². The van der Waals surface area contributed by atoms with Crippen LogP contribution in [0.15, 0.2) is 0 Å². The molecule has 19 nitrogen and oxygen atoms in total. The number of ether oxygens (including phenoxy) is 7. The average Bonchev–Trinajstić information content (AvgIpc) is 3.05. The van der Waals surface area contributed by atoms with Gasteiger partial charge < -0.3 is 80.0 Å². The lowest BCUT2D eigenvalue weighted by Gasteiger charge is -2.49. The molecule has 0 bridgehead atoms. The van der Waals surface area contributed by atoms with Crippen molar-refractivity contribution in [2.45, 2.75) is 198 Å². The summed E-state index contributed by atoms with van der Waals surface area (Å²) in [5, 5.41) is 66.6. The molecule has 57 heavy (non-hydrogen) atoms. The van der Waals surface area contributed by atoms with E-state index in [2.05, 4.69) is 21.3 Å². The Morgan fingerprint density at radius 1 is 0.667 bits per heavy atom. The highest BCUT2D eigenvalue weighted by Crippen LogP contribution is 2.35. The van der Waals surface area contributed by atoms with Crippen molar-refractivity contribution in [3.8, 4) is 0 Å². The predicted octanol–water partition coefficient (Wildman–Crippen LogP) is 1.14. The summed E-state index contributed by atoms with van der Waals surface area (Å²) in [6, 6.07) is -2.82. The van der Waals surface area contributed by atoms with Crippen LogP contribution in [0.4, 0.5) is 14.4 Å². The molecule has 1 saturated carbocycles. The normalized spacial score (nSPS) is 35.2. The maximum atomic E-state index is 13.1. The molecule has 1 aliphatic carbocycles. The first-order valence-corrected chi connectivity index (χ1v) is 20.0. The van der Waals surface area contributed by atoms with Crippen molar-refractivity contribution in [1.82, 2.24) is 21.3 Å². The van der Waals surface area contributed by atoms with Crippen molar-refractivity contribution in [3.05, 3.63) is 0 Å². The molecular formula is C38H70N4O15. The molecule has 3 rings (SSSR count). The number of aliphatic hydroxyl groups excluding tert-OH is 5. The standard InChI is InChI=1S/C38H70N4O15/c1-12-23-22(44)17-21(39-14-13-15-40-33(48)55-36(3,4)5)31(51-23)54-30-20(41-34(49)56-37(6,7)8)16-19(2)29(28(30)47)53-32-27(46)25(26(45)24(18-43)52-32)42-35(50)57-38(9,10)11/h19-32,39,43-47H,12-18H2,1-11H3,(H,40,48)(H,41,49)(H,42,50). The molecule has 3 fully saturated rings. The fourth-order valence-corrected chi connectivity index (χ4v) is 6.98. The van der Waals surface area contributed by atoms with E-state index < -0.39 is 127 Å². The number of alkyl carbamates (subject to hydrolysis) is 3. The molecule has 9 N–H and O–H groups in total. The highest BCUT2D eigenvalue weighted by Gasteiger charge is 2.52. The molecule has 0 radical (unpaired) electrons. The van der Waals surface area contributed by atoms with Crippen LogP contribution in [0, 0.1) is 5.92 Å². The Morgan fingerprint density at radius 3 is 1.77 bits per heavy atom. The Kier molecular flexibility index (Phi) is 17.6. The van der Waals surface area contributed by atoms with Crippen LogP contribution in [-0.2, 0) is 33.2 Å². The molecule has 14 unspecified atom stereocenters. The largest absolute Gasteiger partial charge is 0.444 e. The number of aliphatic hydroxyl groups is 5. The first kappa shape index (κ1) is 48.8. The highest BCUT2D eigenvalue weighted by molar-refractivity contribution is 5.69. The summed E-state index contributed by atoms with van der Waals surface area (Å²) >= 11 is 0. The van der Waals surface area contributed by atoms with Crippen LogP contribution in [-0.4, -0.2) is 160 Å². The fourth-order valence-electron chi connectivity index (χ4n) is 6.98. The van der Waals surface area contributed by atoms with Crippen molar-refractivity contribution in [2.75, 3.05) is 19.7 Å². The van der Waals surface area contributed by atoms with Crippen LogP contribution in [0.1, 0.15) is 102 Å². The van der Waals surface area contributed by atoms with Crippen LogP contribution in [0.25, 0.3) is 0 Å². The van der Waals surface area contributed by atoms with Crippen LogP contribution < -0.4 is 21.3 Å². The SMILES string of the molecule is CCC1OC(OC2C(NC(=O)OC(C)(C)C)CC(C)C(OC3OC(CO)C(O)C(NC(=O)OC(C)(C)C)C3O)C2O)C(NCCCNC(=O)OC(C)(C)C)CC1O. The van der Waals surface area contributed by atoms with E-state index in [0.29, 0.717) is 25.9 Å². The molecule has 0 aromatic rings. The summed E-state index contributed by atoms with van der Waals surface area (Å²) in [6.45, 7) is 19.0. The third-order valence-corrected chi connectivity index (χ3v) is 9.50. The van der Waals surface area contributed by atoms with Crippen LogP contribution in [0.3, 0.4) is 0 Å². The lowest BCUT2D eigenvalue weighted by Crippen LogP contribution is -2.67. The van der Waals surface area contributed by atoms with Crippen molar-refractivity contribution in [2.24, 2.45) is 5.92 Å². The molecular weight excluding hydrogens is 752 g/mol. The van der Waals surface area contributed by atoms with Gasteiger partial charge in [-0.2, -0.15) is 0 Å². The first-order chi connectivity index (χ1) is 26.3. The maximum absolute atomic E-state index is 13.1. The van der Waals surface area contributed by atoms with Gasteiger partial charge in [0.15, 0.2) is 12.6 Å². The van der Waals surface area contributed by atoms with Gasteiger partial charge in [-0.25, -0.2) is 14.4 Å². The first-order valence-electron chi connectivity index (χ1n) is 20.0. The number of nitrogens with one attached hydrogen (secondary N) is 4. The van der Waals surface area contributed by atoms with E-state index in [1.807, 2.05) is 6.92 Å². The average molecular weight is 823 g/mol. The number of hydrogen-bond donors (Lipinski definition) is 9. The second kappa shape index (κ2) is 20.6. The van der Waals surface area contributed by atoms with Gasteiger partial charge in [0.05, 0.1) is 43.0 Å². The minimum Gasteiger partial charge on any atom is -0.444 e. The Balaban J connectivity index is 1.85. The summed E-state index contributed by atoms with van der Waals surface area (Å²) in [5.41, 5.74) is -2.36. The van der Waals surface area contributed by atoms with Crippen molar-refractivity contribution >= 4 is 18.3 Å². The number of rotatable bonds is 13. The molecule has 2 heterocycles. The molecule has 2 saturated heterocycles. The Morgan fingerprint density at radius 2 is 1.21 bits per heavy atom. The Bertz CT molecular complexity index is 1290. The maximum Gasteiger partial charge on any atom is 0.408 e. The van der Waals surface area contributed by atoms with E-state index in [-0.39, 0.29) is 12.8 Å². The molecule has 0 aromatic heterocycles. The molecule has 3 aliphatic rings. The topological polar surface area (TPSA) is 265 Å². The van der Waals surface area contributed by atoms with Gasteiger partial charge in [0.1, 0.15) is 47.3 Å². The summed E-state index contributed by atoms with van der Waals surface area (Å²) in [4.78, 5) is 37.9. The quantitative estimate of drug-likeness (QED) is 0.0932. The molecule has 19 heteroatoms. The van der Waals surface area contributed by atoms with Gasteiger partial charge in [0, 0.05) is 6.54 Å². The summed E-state index contributed by atoms with van der Waals surface area (Å²) in [7, 11) is 0. The molecule has 2 aliphatic heterocycles. The minimum atomic E-state index is -1.68. The van der Waals surface area contributed by atoms with Crippen molar-refractivity contribution < 1.29 is 73.1 Å². The Hall–Kier alpha value is -2.59. The van der Waals surface area contributed by atoms with Crippen molar-refractivity contribution in [3.63, 3.8) is 0 Å². The second-order valence-electron chi connectivity index (χ2n) is 18.1. The van der Waals surface area contributed by atoms with E-state index in [1.54, 1.807) is 69.2 Å². The zero-order valence-electron chi connectivity index (χ0n) is 35.4. The van der Waals surface area contributed by atoms with E-state index in [4.69, 9.17) is 33.2 Å². The molecule has 3 amide bonds. The summed E-state index contributed by atoms with van der Waals surface area (Å²) < 4.78 is 40.9. The Labute approximate surface area is 336 Å². The van der Waals surface area contributed by atoms with Gasteiger partial charge >= 0.3 is 18.3 Å². The lowest BCUT2D eigenvalue weighted by atomic mass is 9.80.